The van der Waals surface area contributed by atoms with Crippen LogP contribution < -0.4 is 9.47 Å². The number of amides is 1. The van der Waals surface area contributed by atoms with Crippen LogP contribution in [0.15, 0.2) is 16.6 Å². The van der Waals surface area contributed by atoms with E-state index in [1.54, 1.807) is 17.0 Å². The van der Waals surface area contributed by atoms with Gasteiger partial charge in [-0.15, -0.1) is 0 Å². The maximum atomic E-state index is 12.6. The van der Waals surface area contributed by atoms with E-state index < -0.39 is 0 Å². The van der Waals surface area contributed by atoms with Crippen molar-refractivity contribution in [2.75, 3.05) is 39.4 Å². The van der Waals surface area contributed by atoms with Gasteiger partial charge in [0.2, 0.25) is 0 Å². The lowest BCUT2D eigenvalue weighted by Crippen LogP contribution is -2.53. The van der Waals surface area contributed by atoms with Gasteiger partial charge in [-0.3, -0.25) is 9.69 Å². The van der Waals surface area contributed by atoms with Gasteiger partial charge < -0.3 is 14.4 Å². The van der Waals surface area contributed by atoms with Gasteiger partial charge in [0, 0.05) is 32.2 Å². The van der Waals surface area contributed by atoms with Crippen molar-refractivity contribution in [3.05, 3.63) is 22.2 Å². The second-order valence-electron chi connectivity index (χ2n) is 6.85. The van der Waals surface area contributed by atoms with Crippen molar-refractivity contribution < 1.29 is 14.3 Å². The molecule has 1 unspecified atom stereocenters. The SMILES string of the molecule is CCOc1cc(C#N)cc(Br)c1OCC(=O)N1CCN(C(C#N)C(C)C)CC1. The van der Waals surface area contributed by atoms with Crippen molar-refractivity contribution >= 4 is 21.8 Å². The van der Waals surface area contributed by atoms with Gasteiger partial charge in [0.25, 0.3) is 5.91 Å². The van der Waals surface area contributed by atoms with Gasteiger partial charge in [0.05, 0.1) is 28.8 Å². The van der Waals surface area contributed by atoms with E-state index >= 15 is 0 Å². The van der Waals surface area contributed by atoms with Crippen molar-refractivity contribution in [2.24, 2.45) is 5.92 Å². The summed E-state index contributed by atoms with van der Waals surface area (Å²) in [7, 11) is 0. The molecule has 1 aliphatic rings. The second-order valence-corrected chi connectivity index (χ2v) is 7.71. The second kappa shape index (κ2) is 10.3. The molecule has 1 aromatic carbocycles. The summed E-state index contributed by atoms with van der Waals surface area (Å²) in [6.07, 6.45) is 0. The molecule has 1 aliphatic heterocycles. The number of hydrogen-bond acceptors (Lipinski definition) is 6. The molecule has 1 atom stereocenters. The number of hydrogen-bond donors (Lipinski definition) is 0. The van der Waals surface area contributed by atoms with Crippen LogP contribution in [-0.4, -0.2) is 61.1 Å². The zero-order chi connectivity index (χ0) is 20.7. The largest absolute Gasteiger partial charge is 0.490 e. The Morgan fingerprint density at radius 3 is 2.43 bits per heavy atom. The van der Waals surface area contributed by atoms with E-state index in [1.807, 2.05) is 20.8 Å². The number of nitrogens with zero attached hydrogens (tertiary/aromatic N) is 4. The Morgan fingerprint density at radius 2 is 1.89 bits per heavy atom. The highest BCUT2D eigenvalue weighted by molar-refractivity contribution is 9.10. The number of halogens is 1. The number of nitriles is 2. The molecule has 1 fully saturated rings. The third kappa shape index (κ3) is 5.37. The number of carbonyl (C=O) groups is 1. The summed E-state index contributed by atoms with van der Waals surface area (Å²) in [5.74, 6) is 0.981. The Kier molecular flexibility index (Phi) is 8.10. The summed E-state index contributed by atoms with van der Waals surface area (Å²) >= 11 is 3.38. The monoisotopic (exact) mass is 448 g/mol. The Labute approximate surface area is 174 Å². The lowest BCUT2D eigenvalue weighted by Gasteiger charge is -2.38. The molecule has 0 aliphatic carbocycles. The molecule has 0 N–H and O–H groups in total. The first-order chi connectivity index (χ1) is 13.4. The summed E-state index contributed by atoms with van der Waals surface area (Å²) in [6, 6.07) is 7.52. The minimum atomic E-state index is -0.128. The Morgan fingerprint density at radius 1 is 1.21 bits per heavy atom. The molecule has 1 aromatic rings. The first-order valence-electron chi connectivity index (χ1n) is 9.31. The Balaban J connectivity index is 1.97. The lowest BCUT2D eigenvalue weighted by atomic mass is 10.0. The van der Waals surface area contributed by atoms with Gasteiger partial charge in [0.15, 0.2) is 18.1 Å². The molecule has 0 bridgehead atoms. The highest BCUT2D eigenvalue weighted by Crippen LogP contribution is 2.36. The van der Waals surface area contributed by atoms with Crippen LogP contribution in [0, 0.1) is 28.6 Å². The number of ether oxygens (including phenoxy) is 2. The number of piperazine rings is 1. The number of rotatable bonds is 7. The van der Waals surface area contributed by atoms with Gasteiger partial charge in [0.1, 0.15) is 6.04 Å². The molecule has 2 rings (SSSR count). The fourth-order valence-corrected chi connectivity index (χ4v) is 3.72. The van der Waals surface area contributed by atoms with Crippen LogP contribution in [0.3, 0.4) is 0 Å². The summed E-state index contributed by atoms with van der Waals surface area (Å²) < 4.78 is 11.8. The molecule has 8 heteroatoms. The summed E-state index contributed by atoms with van der Waals surface area (Å²) in [4.78, 5) is 16.4. The Hall–Kier alpha value is -2.29. The van der Waals surface area contributed by atoms with Crippen molar-refractivity contribution in [3.8, 4) is 23.6 Å². The zero-order valence-corrected chi connectivity index (χ0v) is 18.0. The molecule has 0 saturated carbocycles. The van der Waals surface area contributed by atoms with Gasteiger partial charge >= 0.3 is 0 Å². The van der Waals surface area contributed by atoms with Gasteiger partial charge in [-0.1, -0.05) is 13.8 Å². The van der Waals surface area contributed by atoms with Crippen LogP contribution in [0.25, 0.3) is 0 Å². The van der Waals surface area contributed by atoms with E-state index in [2.05, 4.69) is 33.0 Å². The van der Waals surface area contributed by atoms with Gasteiger partial charge in [-0.2, -0.15) is 10.5 Å². The van der Waals surface area contributed by atoms with E-state index in [-0.39, 0.29) is 24.5 Å². The summed E-state index contributed by atoms with van der Waals surface area (Å²) in [5.41, 5.74) is 0.447. The van der Waals surface area contributed by atoms with E-state index in [0.717, 1.165) is 0 Å². The highest BCUT2D eigenvalue weighted by atomic mass is 79.9. The maximum Gasteiger partial charge on any atom is 0.260 e. The molecule has 1 amide bonds. The van der Waals surface area contributed by atoms with Gasteiger partial charge in [-0.05, 0) is 34.8 Å². The first-order valence-corrected chi connectivity index (χ1v) is 10.1. The van der Waals surface area contributed by atoms with Crippen molar-refractivity contribution in [1.29, 1.82) is 10.5 Å². The predicted octanol–water partition coefficient (Wildman–Crippen LogP) is 2.79. The predicted molar refractivity (Wildman–Crippen MR) is 108 cm³/mol. The third-order valence-electron chi connectivity index (χ3n) is 4.60. The smallest absolute Gasteiger partial charge is 0.260 e. The first kappa shape index (κ1) is 22.0. The molecule has 0 spiro atoms. The highest BCUT2D eigenvalue weighted by Gasteiger charge is 2.28. The number of benzene rings is 1. The average Bonchev–Trinajstić information content (AvgIpc) is 2.68. The average molecular weight is 449 g/mol. The molecule has 0 radical (unpaired) electrons. The Bertz CT molecular complexity index is 777. The van der Waals surface area contributed by atoms with Crippen LogP contribution >= 0.6 is 15.9 Å². The fourth-order valence-electron chi connectivity index (χ4n) is 3.16. The molecule has 1 heterocycles. The maximum absolute atomic E-state index is 12.6. The quantitative estimate of drug-likeness (QED) is 0.636. The lowest BCUT2D eigenvalue weighted by molar-refractivity contribution is -0.135. The fraction of sp³-hybridized carbons (Fsp3) is 0.550. The molecular formula is C20H25BrN4O3. The minimum Gasteiger partial charge on any atom is -0.490 e. The van der Waals surface area contributed by atoms with E-state index in [0.29, 0.717) is 54.3 Å². The minimum absolute atomic E-state index is 0.114. The van der Waals surface area contributed by atoms with Crippen LogP contribution in [0.2, 0.25) is 0 Å². The molecule has 1 saturated heterocycles. The standard InChI is InChI=1S/C20H25BrN4O3/c1-4-27-18-10-15(11-22)9-16(21)20(18)28-13-19(26)25-7-5-24(6-8-25)17(12-23)14(2)3/h9-10,14,17H,4-8,13H2,1-3H3. The van der Waals surface area contributed by atoms with Crippen LogP contribution in [0.1, 0.15) is 26.3 Å². The van der Waals surface area contributed by atoms with Crippen LogP contribution in [-0.2, 0) is 4.79 Å². The van der Waals surface area contributed by atoms with Crippen molar-refractivity contribution in [1.82, 2.24) is 9.80 Å². The number of carbonyl (C=O) groups excluding carboxylic acids is 1. The van der Waals surface area contributed by atoms with Crippen molar-refractivity contribution in [3.63, 3.8) is 0 Å². The van der Waals surface area contributed by atoms with Crippen molar-refractivity contribution in [2.45, 2.75) is 26.8 Å². The van der Waals surface area contributed by atoms with E-state index in [4.69, 9.17) is 14.7 Å². The molecule has 0 aromatic heterocycles. The summed E-state index contributed by atoms with van der Waals surface area (Å²) in [6.45, 7) is 8.70. The molecule has 7 nitrogen and oxygen atoms in total. The zero-order valence-electron chi connectivity index (χ0n) is 16.4. The van der Waals surface area contributed by atoms with Crippen LogP contribution in [0.5, 0.6) is 11.5 Å². The van der Waals surface area contributed by atoms with E-state index in [9.17, 15) is 10.1 Å². The van der Waals surface area contributed by atoms with E-state index in [1.165, 1.54) is 0 Å². The molecule has 150 valence electrons. The third-order valence-corrected chi connectivity index (χ3v) is 5.19. The van der Waals surface area contributed by atoms with Gasteiger partial charge in [-0.25, -0.2) is 0 Å². The normalized spacial score (nSPS) is 15.6. The topological polar surface area (TPSA) is 89.6 Å². The summed E-state index contributed by atoms with van der Waals surface area (Å²) in [5, 5.41) is 18.4. The molecule has 28 heavy (non-hydrogen) atoms. The molecular weight excluding hydrogens is 424 g/mol. The van der Waals surface area contributed by atoms with Crippen LogP contribution in [0.4, 0.5) is 0 Å².